The molecule has 0 radical (unpaired) electrons. The minimum Gasteiger partial charge on any atom is -0.310 e. The topological polar surface area (TPSA) is 74.2 Å². The fourth-order valence-electron chi connectivity index (χ4n) is 5.03. The van der Waals surface area contributed by atoms with Gasteiger partial charge in [-0.25, -0.2) is 14.4 Å². The van der Waals surface area contributed by atoms with E-state index in [-0.39, 0.29) is 11.8 Å². The molecule has 34 heavy (non-hydrogen) atoms. The molecule has 1 saturated heterocycles. The van der Waals surface area contributed by atoms with Crippen LogP contribution in [0.2, 0.25) is 0 Å². The largest absolute Gasteiger partial charge is 0.310 e. The van der Waals surface area contributed by atoms with Gasteiger partial charge in [-0.15, -0.1) is 0 Å². The predicted octanol–water partition coefficient (Wildman–Crippen LogP) is 3.82. The number of aromatic nitrogens is 3. The van der Waals surface area contributed by atoms with Crippen molar-refractivity contribution in [3.63, 3.8) is 0 Å². The molecule has 1 amide bonds. The van der Waals surface area contributed by atoms with Crippen molar-refractivity contribution < 1.29 is 9.18 Å². The van der Waals surface area contributed by atoms with Crippen molar-refractivity contribution >= 4 is 22.6 Å². The number of pyridine rings is 3. The van der Waals surface area contributed by atoms with Gasteiger partial charge in [0.15, 0.2) is 0 Å². The number of carbonyl (C=O) groups is 1. The summed E-state index contributed by atoms with van der Waals surface area (Å²) >= 11 is 0. The molecule has 2 aliphatic rings. The summed E-state index contributed by atoms with van der Waals surface area (Å²) in [6.07, 6.45) is 8.51. The predicted molar refractivity (Wildman–Crippen MR) is 131 cm³/mol. The maximum atomic E-state index is 13.6. The fraction of sp³-hybridized carbons (Fsp3) is 0.462. The summed E-state index contributed by atoms with van der Waals surface area (Å²) in [7, 11) is 2.18. The highest BCUT2D eigenvalue weighted by molar-refractivity contribution is 5.93. The molecule has 1 N–H and O–H groups in total. The van der Waals surface area contributed by atoms with Gasteiger partial charge in [0.25, 0.3) is 0 Å². The normalized spacial score (nSPS) is 22.1. The van der Waals surface area contributed by atoms with Gasteiger partial charge in [0.05, 0.1) is 17.4 Å². The number of piperazine rings is 1. The Labute approximate surface area is 199 Å². The van der Waals surface area contributed by atoms with Gasteiger partial charge in [-0.2, -0.15) is 0 Å². The third-order valence-corrected chi connectivity index (χ3v) is 7.16. The van der Waals surface area contributed by atoms with Crippen LogP contribution in [0.15, 0.2) is 42.9 Å². The zero-order chi connectivity index (χ0) is 23.5. The molecule has 0 aromatic carbocycles. The molecule has 0 bridgehead atoms. The fourth-order valence-corrected chi connectivity index (χ4v) is 5.03. The number of amides is 1. The molecule has 3 aromatic heterocycles. The van der Waals surface area contributed by atoms with E-state index >= 15 is 0 Å². The molecular weight excluding hydrogens is 431 g/mol. The number of hydrogen-bond acceptors (Lipinski definition) is 6. The molecule has 3 aromatic rings. The monoisotopic (exact) mass is 462 g/mol. The van der Waals surface area contributed by atoms with E-state index in [4.69, 9.17) is 0 Å². The van der Waals surface area contributed by atoms with Gasteiger partial charge in [0.2, 0.25) is 5.91 Å². The maximum absolute atomic E-state index is 13.6. The highest BCUT2D eigenvalue weighted by Gasteiger charge is 2.28. The number of fused-ring (bicyclic) bond motifs is 1. The molecule has 4 heterocycles. The van der Waals surface area contributed by atoms with Crippen LogP contribution in [-0.4, -0.2) is 70.4 Å². The molecular formula is C26H31FN6O. The molecule has 7 nitrogen and oxygen atoms in total. The van der Waals surface area contributed by atoms with Crippen molar-refractivity contribution in [2.75, 3.05) is 45.1 Å². The Bertz CT molecular complexity index is 1150. The van der Waals surface area contributed by atoms with E-state index in [2.05, 4.69) is 37.1 Å². The number of hydrogen-bond donors (Lipinski definition) is 1. The summed E-state index contributed by atoms with van der Waals surface area (Å²) in [5, 5.41) is 3.85. The van der Waals surface area contributed by atoms with Crippen LogP contribution in [0.1, 0.15) is 25.7 Å². The van der Waals surface area contributed by atoms with E-state index in [1.807, 2.05) is 12.1 Å². The number of rotatable bonds is 5. The molecule has 0 spiro atoms. The van der Waals surface area contributed by atoms with E-state index in [1.165, 1.54) is 12.3 Å². The summed E-state index contributed by atoms with van der Waals surface area (Å²) in [5.41, 5.74) is 1.93. The molecule has 0 unspecified atom stereocenters. The van der Waals surface area contributed by atoms with Crippen LogP contribution in [0.5, 0.6) is 0 Å². The molecule has 1 aliphatic heterocycles. The lowest BCUT2D eigenvalue weighted by Gasteiger charge is -2.36. The Morgan fingerprint density at radius 1 is 1.06 bits per heavy atom. The van der Waals surface area contributed by atoms with Crippen LogP contribution in [0.4, 0.5) is 10.2 Å². The second-order valence-corrected chi connectivity index (χ2v) is 9.66. The van der Waals surface area contributed by atoms with Gasteiger partial charge in [-0.3, -0.25) is 9.78 Å². The lowest BCUT2D eigenvalue weighted by Crippen LogP contribution is -2.46. The Balaban J connectivity index is 1.19. The summed E-state index contributed by atoms with van der Waals surface area (Å²) in [6, 6.07) is 6.90. The average Bonchev–Trinajstić information content (AvgIpc) is 2.85. The van der Waals surface area contributed by atoms with Gasteiger partial charge in [-0.05, 0) is 56.8 Å². The number of nitrogens with one attached hydrogen (secondary N) is 1. The quantitative estimate of drug-likeness (QED) is 0.621. The summed E-state index contributed by atoms with van der Waals surface area (Å²) < 4.78 is 13.6. The molecule has 5 rings (SSSR count). The number of nitrogens with zero attached hydrogens (tertiary/aromatic N) is 5. The molecule has 178 valence electrons. The highest BCUT2D eigenvalue weighted by Crippen LogP contribution is 2.31. The van der Waals surface area contributed by atoms with Gasteiger partial charge in [-0.1, -0.05) is 0 Å². The summed E-state index contributed by atoms with van der Waals surface area (Å²) in [4.78, 5) is 30.8. The highest BCUT2D eigenvalue weighted by atomic mass is 19.1. The van der Waals surface area contributed by atoms with Crippen molar-refractivity contribution in [1.29, 1.82) is 0 Å². The number of carbonyl (C=O) groups excluding carboxylic acids is 1. The van der Waals surface area contributed by atoms with Crippen LogP contribution >= 0.6 is 0 Å². The van der Waals surface area contributed by atoms with E-state index in [0.717, 1.165) is 63.8 Å². The molecule has 1 aliphatic carbocycles. The molecule has 2 fully saturated rings. The van der Waals surface area contributed by atoms with Crippen molar-refractivity contribution in [1.82, 2.24) is 24.8 Å². The Kier molecular flexibility index (Phi) is 6.78. The van der Waals surface area contributed by atoms with Crippen molar-refractivity contribution in [2.24, 2.45) is 11.8 Å². The van der Waals surface area contributed by atoms with Gasteiger partial charge < -0.3 is 15.1 Å². The van der Waals surface area contributed by atoms with Crippen molar-refractivity contribution in [2.45, 2.75) is 25.7 Å². The lowest BCUT2D eigenvalue weighted by molar-refractivity contribution is -0.121. The standard InChI is InChI=1S/C26H31FN6O/c1-32-8-10-33(11-9-32)17-18-2-4-19(5-3-18)26(34)31-25-13-24-20(15-29-25)6-7-23(30-24)21-12-22(27)16-28-14-21/h6-7,12-16,18-19H,2-5,8-11,17H2,1H3,(H,29,31,34)/t18-,19-. The SMILES string of the molecule is CN1CCN(C[C@H]2CC[C@H](C(=O)Nc3cc4nc(-c5cncc(F)c5)ccc4cn3)CC2)CC1. The van der Waals surface area contributed by atoms with Gasteiger partial charge >= 0.3 is 0 Å². The van der Waals surface area contributed by atoms with Crippen molar-refractivity contribution in [3.05, 3.63) is 48.7 Å². The minimum absolute atomic E-state index is 0.0268. The third kappa shape index (κ3) is 5.39. The van der Waals surface area contributed by atoms with Crippen LogP contribution in [-0.2, 0) is 4.79 Å². The first kappa shape index (κ1) is 22.8. The zero-order valence-corrected chi connectivity index (χ0v) is 19.6. The van der Waals surface area contributed by atoms with Crippen LogP contribution < -0.4 is 5.32 Å². The van der Waals surface area contributed by atoms with E-state index in [1.54, 1.807) is 18.5 Å². The Morgan fingerprint density at radius 2 is 1.85 bits per heavy atom. The first-order valence-electron chi connectivity index (χ1n) is 12.1. The average molecular weight is 463 g/mol. The second-order valence-electron chi connectivity index (χ2n) is 9.66. The van der Waals surface area contributed by atoms with Crippen molar-refractivity contribution in [3.8, 4) is 11.3 Å². The maximum Gasteiger partial charge on any atom is 0.228 e. The van der Waals surface area contributed by atoms with E-state index in [0.29, 0.717) is 28.5 Å². The Morgan fingerprint density at radius 3 is 2.62 bits per heavy atom. The molecule has 1 saturated carbocycles. The first-order valence-corrected chi connectivity index (χ1v) is 12.1. The summed E-state index contributed by atoms with van der Waals surface area (Å²) in [5.74, 6) is 0.847. The number of halogens is 1. The zero-order valence-electron chi connectivity index (χ0n) is 19.6. The third-order valence-electron chi connectivity index (χ3n) is 7.16. The summed E-state index contributed by atoms with van der Waals surface area (Å²) in [6.45, 7) is 5.74. The molecule has 0 atom stereocenters. The smallest absolute Gasteiger partial charge is 0.228 e. The number of anilines is 1. The lowest BCUT2D eigenvalue weighted by atomic mass is 9.81. The number of likely N-dealkylation sites (N-methyl/N-ethyl adjacent to an activating group) is 1. The first-order chi connectivity index (χ1) is 16.5. The van der Waals surface area contributed by atoms with Gasteiger partial charge in [0, 0.05) is 68.1 Å². The van der Waals surface area contributed by atoms with Crippen LogP contribution in [0.25, 0.3) is 22.2 Å². The van der Waals surface area contributed by atoms with E-state index < -0.39 is 5.82 Å². The van der Waals surface area contributed by atoms with Gasteiger partial charge in [0.1, 0.15) is 11.6 Å². The second kappa shape index (κ2) is 10.1. The van der Waals surface area contributed by atoms with Crippen LogP contribution in [0, 0.1) is 17.7 Å². The Hall–Kier alpha value is -2.97. The van der Waals surface area contributed by atoms with Crippen LogP contribution in [0.3, 0.4) is 0 Å². The minimum atomic E-state index is -0.402. The van der Waals surface area contributed by atoms with E-state index in [9.17, 15) is 9.18 Å². The molecule has 8 heteroatoms.